The van der Waals surface area contributed by atoms with Crippen LogP contribution >= 0.6 is 0 Å². The Hall–Kier alpha value is -1.81. The summed E-state index contributed by atoms with van der Waals surface area (Å²) in [5.74, 6) is -0.855. The Balaban J connectivity index is 2.10. The van der Waals surface area contributed by atoms with Gasteiger partial charge in [0.25, 0.3) is 0 Å². The fraction of sp³-hybridized carbons (Fsp3) is 0.632. The van der Waals surface area contributed by atoms with E-state index in [-0.39, 0.29) is 41.9 Å². The van der Waals surface area contributed by atoms with Gasteiger partial charge < -0.3 is 9.64 Å². The average molecular weight is 436 g/mol. The summed E-state index contributed by atoms with van der Waals surface area (Å²) < 4.78 is 67.9. The van der Waals surface area contributed by atoms with Crippen LogP contribution in [0.3, 0.4) is 0 Å². The van der Waals surface area contributed by atoms with Crippen LogP contribution in [0.15, 0.2) is 29.2 Å². The largest absolute Gasteiger partial charge is 0.573 e. The molecule has 0 aromatic heterocycles. The van der Waals surface area contributed by atoms with Crippen LogP contribution in [0.25, 0.3) is 0 Å². The first-order valence-electron chi connectivity index (χ1n) is 9.51. The Morgan fingerprint density at radius 2 is 1.69 bits per heavy atom. The highest BCUT2D eigenvalue weighted by Crippen LogP contribution is 2.29. The van der Waals surface area contributed by atoms with Crippen molar-refractivity contribution in [1.29, 1.82) is 0 Å². The molecule has 0 saturated carbocycles. The lowest BCUT2D eigenvalue weighted by Crippen LogP contribution is -2.48. The molecule has 164 valence electrons. The molecule has 2 rings (SSSR count). The molecule has 0 spiro atoms. The summed E-state index contributed by atoms with van der Waals surface area (Å²) >= 11 is 0. The molecular weight excluding hydrogens is 409 g/mol. The summed E-state index contributed by atoms with van der Waals surface area (Å²) in [6, 6.07) is 4.42. The number of carbonyl (C=O) groups excluding carboxylic acids is 1. The van der Waals surface area contributed by atoms with Crippen molar-refractivity contribution in [3.63, 3.8) is 0 Å². The normalized spacial score (nSPS) is 17.0. The van der Waals surface area contributed by atoms with Gasteiger partial charge in [-0.25, -0.2) is 8.42 Å². The summed E-state index contributed by atoms with van der Waals surface area (Å²) in [5.41, 5.74) is 0. The van der Waals surface area contributed by atoms with Gasteiger partial charge in [0.15, 0.2) is 0 Å². The van der Waals surface area contributed by atoms with Gasteiger partial charge in [-0.05, 0) is 52.7 Å². The van der Waals surface area contributed by atoms with E-state index in [2.05, 4.69) is 4.74 Å². The van der Waals surface area contributed by atoms with Gasteiger partial charge in [-0.2, -0.15) is 4.31 Å². The zero-order valence-corrected chi connectivity index (χ0v) is 17.8. The van der Waals surface area contributed by atoms with Gasteiger partial charge in [0.05, 0.1) is 4.90 Å². The van der Waals surface area contributed by atoms with Crippen LogP contribution in [-0.2, 0) is 14.8 Å². The van der Waals surface area contributed by atoms with Crippen LogP contribution in [0.1, 0.15) is 40.5 Å². The SMILES string of the molecule is CC(C)N(C(=O)C1CCN(S(=O)(=O)c2cccc(OC(F)(F)F)c2)CC1)C(C)C. The number of benzene rings is 1. The molecule has 1 heterocycles. The van der Waals surface area contributed by atoms with E-state index >= 15 is 0 Å². The van der Waals surface area contributed by atoms with Gasteiger partial charge in [-0.1, -0.05) is 6.07 Å². The maximum Gasteiger partial charge on any atom is 0.573 e. The van der Waals surface area contributed by atoms with E-state index in [1.807, 2.05) is 27.7 Å². The maximum atomic E-state index is 12.8. The minimum atomic E-state index is -4.90. The number of alkyl halides is 3. The molecule has 6 nitrogen and oxygen atoms in total. The van der Waals surface area contributed by atoms with Gasteiger partial charge >= 0.3 is 6.36 Å². The number of hydrogen-bond acceptors (Lipinski definition) is 4. The number of nitrogens with zero attached hydrogens (tertiary/aromatic N) is 2. The van der Waals surface area contributed by atoms with Crippen molar-refractivity contribution in [2.24, 2.45) is 5.92 Å². The van der Waals surface area contributed by atoms with Gasteiger partial charge in [-0.15, -0.1) is 13.2 Å². The predicted octanol–water partition coefficient (Wildman–Crippen LogP) is 3.63. The first-order valence-corrected chi connectivity index (χ1v) is 10.9. The van der Waals surface area contributed by atoms with Crippen LogP contribution < -0.4 is 4.74 Å². The molecular formula is C19H27F3N2O4S. The van der Waals surface area contributed by atoms with Crippen LogP contribution in [0.2, 0.25) is 0 Å². The standard InChI is InChI=1S/C19H27F3N2O4S/c1-13(2)24(14(3)4)18(25)15-8-10-23(11-9-15)29(26,27)17-7-5-6-16(12-17)28-19(20,21)22/h5-7,12-15H,8-11H2,1-4H3. The van der Waals surface area contributed by atoms with E-state index in [9.17, 15) is 26.4 Å². The second-order valence-electron chi connectivity index (χ2n) is 7.63. The van der Waals surface area contributed by atoms with Crippen molar-refractivity contribution in [1.82, 2.24) is 9.21 Å². The third-order valence-corrected chi connectivity index (χ3v) is 6.74. The van der Waals surface area contributed by atoms with Gasteiger partial charge in [0, 0.05) is 37.2 Å². The van der Waals surface area contributed by atoms with Crippen molar-refractivity contribution < 1.29 is 31.1 Å². The Kier molecular flexibility index (Phi) is 7.21. The molecule has 1 aromatic rings. The lowest BCUT2D eigenvalue weighted by atomic mass is 9.95. The van der Waals surface area contributed by atoms with Crippen molar-refractivity contribution in [2.75, 3.05) is 13.1 Å². The molecule has 29 heavy (non-hydrogen) atoms. The first-order chi connectivity index (χ1) is 13.3. The Morgan fingerprint density at radius 3 is 2.17 bits per heavy atom. The summed E-state index contributed by atoms with van der Waals surface area (Å²) in [4.78, 5) is 14.3. The van der Waals surface area contributed by atoms with Crippen molar-refractivity contribution in [3.05, 3.63) is 24.3 Å². The third kappa shape index (κ3) is 5.85. The zero-order valence-electron chi connectivity index (χ0n) is 16.9. The monoisotopic (exact) mass is 436 g/mol. The molecule has 1 amide bonds. The van der Waals surface area contributed by atoms with Crippen molar-refractivity contribution >= 4 is 15.9 Å². The molecule has 1 saturated heterocycles. The number of carbonyl (C=O) groups is 1. The molecule has 0 atom stereocenters. The molecule has 0 aliphatic carbocycles. The van der Waals surface area contributed by atoms with E-state index in [4.69, 9.17) is 0 Å². The zero-order chi connectivity index (χ0) is 22.0. The molecule has 1 aliphatic rings. The van der Waals surface area contributed by atoms with Gasteiger partial charge in [0.1, 0.15) is 5.75 Å². The number of rotatable bonds is 6. The Bertz CT molecular complexity index is 809. The van der Waals surface area contributed by atoms with Gasteiger partial charge in [-0.3, -0.25) is 4.79 Å². The number of halogens is 3. The number of piperidine rings is 1. The smallest absolute Gasteiger partial charge is 0.406 e. The van der Waals surface area contributed by atoms with Crippen LogP contribution in [0.4, 0.5) is 13.2 Å². The molecule has 0 radical (unpaired) electrons. The second-order valence-corrected chi connectivity index (χ2v) is 9.57. The van der Waals surface area contributed by atoms with Crippen molar-refractivity contribution in [3.8, 4) is 5.75 Å². The fourth-order valence-electron chi connectivity index (χ4n) is 3.64. The Labute approximate surface area is 169 Å². The predicted molar refractivity (Wildman–Crippen MR) is 102 cm³/mol. The first kappa shape index (κ1) is 23.5. The summed E-state index contributed by atoms with van der Waals surface area (Å²) in [7, 11) is -3.98. The summed E-state index contributed by atoms with van der Waals surface area (Å²) in [6.07, 6.45) is -4.17. The molecule has 0 bridgehead atoms. The topological polar surface area (TPSA) is 66.9 Å². The quantitative estimate of drug-likeness (QED) is 0.683. The minimum Gasteiger partial charge on any atom is -0.406 e. The lowest BCUT2D eigenvalue weighted by Gasteiger charge is -2.37. The summed E-state index contributed by atoms with van der Waals surface area (Å²) in [5, 5.41) is 0. The molecule has 1 aromatic carbocycles. The van der Waals surface area contributed by atoms with E-state index < -0.39 is 22.1 Å². The average Bonchev–Trinajstić information content (AvgIpc) is 2.60. The lowest BCUT2D eigenvalue weighted by molar-refractivity contribution is -0.274. The van der Waals surface area contributed by atoms with E-state index in [0.717, 1.165) is 12.1 Å². The number of sulfonamides is 1. The van der Waals surface area contributed by atoms with Gasteiger partial charge in [0.2, 0.25) is 15.9 Å². The second kappa shape index (κ2) is 8.91. The fourth-order valence-corrected chi connectivity index (χ4v) is 5.15. The molecule has 0 unspecified atom stereocenters. The number of amides is 1. The minimum absolute atomic E-state index is 0.00706. The Morgan fingerprint density at radius 1 is 1.14 bits per heavy atom. The number of hydrogen-bond donors (Lipinski definition) is 0. The molecule has 1 aliphatic heterocycles. The molecule has 0 N–H and O–H groups in total. The van der Waals surface area contributed by atoms with E-state index in [1.165, 1.54) is 16.4 Å². The summed E-state index contributed by atoms with van der Waals surface area (Å²) in [6.45, 7) is 8.02. The molecule has 1 fully saturated rings. The molecule has 10 heteroatoms. The third-order valence-electron chi connectivity index (χ3n) is 4.85. The van der Waals surface area contributed by atoms with Crippen LogP contribution in [0, 0.1) is 5.92 Å². The van der Waals surface area contributed by atoms with E-state index in [1.54, 1.807) is 4.90 Å². The number of ether oxygens (including phenoxy) is 1. The highest BCUT2D eigenvalue weighted by molar-refractivity contribution is 7.89. The van der Waals surface area contributed by atoms with E-state index in [0.29, 0.717) is 12.8 Å². The highest BCUT2D eigenvalue weighted by atomic mass is 32.2. The maximum absolute atomic E-state index is 12.8. The van der Waals surface area contributed by atoms with Crippen LogP contribution in [-0.4, -0.2) is 55.1 Å². The highest BCUT2D eigenvalue weighted by Gasteiger charge is 2.36. The van der Waals surface area contributed by atoms with Crippen LogP contribution in [0.5, 0.6) is 5.75 Å². The van der Waals surface area contributed by atoms with Crippen molar-refractivity contribution in [2.45, 2.75) is 63.9 Å².